The van der Waals surface area contributed by atoms with Crippen LogP contribution in [0, 0.1) is 0 Å². The Labute approximate surface area is 409 Å². The van der Waals surface area contributed by atoms with Crippen LogP contribution in [0.1, 0.15) is 97.4 Å². The van der Waals surface area contributed by atoms with Gasteiger partial charge in [-0.15, -0.1) is 0 Å². The van der Waals surface area contributed by atoms with E-state index in [0.717, 1.165) is 10.5 Å². The van der Waals surface area contributed by atoms with Gasteiger partial charge in [-0.05, 0) is 18.4 Å². The molecule has 0 radical (unpaired) electrons. The molecule has 2 unspecified atom stereocenters. The molecule has 2 saturated heterocycles. The summed E-state index contributed by atoms with van der Waals surface area (Å²) in [6.07, 6.45) is -18.2. The SMILES string of the molecule is [2H]CC(=O)OC[C@H]1OC(OCCN(CCOC2O[C@H](COC(=O)C[2H])[C@@H](OC(=O)C[2H])[C@H](OC(=O)C[2H])[C@@H]2OC(=O)C[2H])C(=O)CCCCC(=O)OCc2ccccc2)[C@@H](OC(=O)C[2H])[C@@H](OC(=O)C[2H])[C@@H]1OC(=O)C[2H]. The normalized spacial score (nSPS) is 25.5. The van der Waals surface area contributed by atoms with Gasteiger partial charge in [0.05, 0.1) is 13.2 Å². The highest BCUT2D eigenvalue weighted by molar-refractivity contribution is 5.76. The molecule has 1 aromatic carbocycles. The Morgan fingerprint density at radius 2 is 0.884 bits per heavy atom. The summed E-state index contributed by atoms with van der Waals surface area (Å²) in [5.74, 6) is -10.7. The van der Waals surface area contributed by atoms with E-state index < -0.39 is 216 Å². The van der Waals surface area contributed by atoms with E-state index in [1.807, 2.05) is 0 Å². The molecule has 0 aromatic heterocycles. The van der Waals surface area contributed by atoms with Crippen LogP contribution in [-0.2, 0) is 116 Å². The van der Waals surface area contributed by atoms with Crippen molar-refractivity contribution in [3.05, 3.63) is 35.9 Å². The summed E-state index contributed by atoms with van der Waals surface area (Å²) in [6, 6.07) is 8.86. The zero-order valence-corrected chi connectivity index (χ0v) is 37.4. The monoisotopic (exact) mass is 991 g/mol. The van der Waals surface area contributed by atoms with E-state index >= 15 is 0 Å². The number of carbonyl (C=O) groups excluding carboxylic acids is 10. The number of ether oxygens (including phenoxy) is 13. The van der Waals surface area contributed by atoms with Crippen LogP contribution >= 0.6 is 0 Å². The Bertz CT molecular complexity index is 1990. The second-order valence-electron chi connectivity index (χ2n) is 14.7. The predicted octanol–water partition coefficient (Wildman–Crippen LogP) is 1.32. The number of carbonyl (C=O) groups is 10. The van der Waals surface area contributed by atoms with Gasteiger partial charge in [-0.1, -0.05) is 30.3 Å². The van der Waals surface area contributed by atoms with Crippen LogP contribution in [0.15, 0.2) is 30.3 Å². The third-order valence-corrected chi connectivity index (χ3v) is 9.51. The molecule has 69 heavy (non-hydrogen) atoms. The molecule has 24 heteroatoms. The molecule has 0 spiro atoms. The summed E-state index contributed by atoms with van der Waals surface area (Å²) in [6.45, 7) is -11.3. The predicted molar refractivity (Wildman–Crippen MR) is 227 cm³/mol. The Morgan fingerprint density at radius 3 is 1.30 bits per heavy atom. The lowest BCUT2D eigenvalue weighted by atomic mass is 9.98. The molecule has 0 aliphatic carbocycles. The zero-order chi connectivity index (χ0) is 56.9. The zero-order valence-electron chi connectivity index (χ0n) is 45.4. The number of amides is 1. The largest absolute Gasteiger partial charge is 0.463 e. The van der Waals surface area contributed by atoms with Crippen molar-refractivity contribution >= 4 is 59.6 Å². The van der Waals surface area contributed by atoms with Crippen molar-refractivity contribution in [3.8, 4) is 0 Å². The van der Waals surface area contributed by atoms with Gasteiger partial charge in [0.1, 0.15) is 32.0 Å². The molecule has 2 aliphatic rings. The van der Waals surface area contributed by atoms with Gasteiger partial charge in [-0.2, -0.15) is 0 Å². The fourth-order valence-corrected chi connectivity index (χ4v) is 6.79. The third kappa shape index (κ3) is 20.5. The van der Waals surface area contributed by atoms with Crippen LogP contribution in [-0.4, -0.2) is 165 Å². The van der Waals surface area contributed by atoms with Crippen LogP contribution in [0.3, 0.4) is 0 Å². The number of benzene rings is 1. The number of hydrogen-bond acceptors (Lipinski definition) is 23. The maximum atomic E-state index is 14.0. The smallest absolute Gasteiger partial charge is 0.306 e. The van der Waals surface area contributed by atoms with Gasteiger partial charge >= 0.3 is 53.7 Å². The Balaban J connectivity index is 1.98. The van der Waals surface area contributed by atoms with E-state index in [0.29, 0.717) is 0 Å². The van der Waals surface area contributed by atoms with Crippen molar-refractivity contribution in [2.24, 2.45) is 0 Å². The Morgan fingerprint density at radius 1 is 0.493 bits per heavy atom. The summed E-state index contributed by atoms with van der Waals surface area (Å²) in [4.78, 5) is 127. The van der Waals surface area contributed by atoms with Crippen LogP contribution in [0.2, 0.25) is 0 Å². The van der Waals surface area contributed by atoms with E-state index in [1.54, 1.807) is 30.3 Å². The summed E-state index contributed by atoms with van der Waals surface area (Å²) in [7, 11) is 0. The quantitative estimate of drug-likeness (QED) is 0.0758. The highest BCUT2D eigenvalue weighted by Gasteiger charge is 2.54. The van der Waals surface area contributed by atoms with Crippen molar-refractivity contribution in [2.45, 2.75) is 149 Å². The van der Waals surface area contributed by atoms with Gasteiger partial charge < -0.3 is 66.5 Å². The topological polar surface area (TPSA) is 294 Å². The van der Waals surface area contributed by atoms with Gasteiger partial charge in [-0.3, -0.25) is 47.9 Å². The molecule has 3 rings (SSSR count). The maximum Gasteiger partial charge on any atom is 0.306 e. The Kier molecular flexibility index (Phi) is 19.0. The first-order valence-corrected chi connectivity index (χ1v) is 20.8. The average molecular weight is 992 g/mol. The first-order chi connectivity index (χ1) is 36.9. The average Bonchev–Trinajstić information content (AvgIpc) is 3.44. The molecular formula is C45H61NO23. The number of hydrogen-bond donors (Lipinski definition) is 0. The summed E-state index contributed by atoms with van der Waals surface area (Å²) in [5.41, 5.74) is 0.745. The molecule has 2 aliphatic heterocycles. The van der Waals surface area contributed by atoms with Gasteiger partial charge in [0.2, 0.25) is 5.91 Å². The lowest BCUT2D eigenvalue weighted by Crippen LogP contribution is -2.63. The molecular weight excluding hydrogens is 922 g/mol. The molecule has 24 nitrogen and oxygen atoms in total. The summed E-state index contributed by atoms with van der Waals surface area (Å²) >= 11 is 0. The Hall–Kier alpha value is -6.24. The van der Waals surface area contributed by atoms with Crippen molar-refractivity contribution < 1.29 is 120 Å². The lowest BCUT2D eigenvalue weighted by Gasteiger charge is -2.44. The van der Waals surface area contributed by atoms with E-state index in [2.05, 4.69) is 0 Å². The van der Waals surface area contributed by atoms with Crippen LogP contribution < -0.4 is 0 Å². The minimum absolute atomic E-state index is 0.0110. The van der Waals surface area contributed by atoms with E-state index in [9.17, 15) is 47.9 Å². The van der Waals surface area contributed by atoms with E-state index in [1.165, 1.54) is 0 Å². The minimum atomic E-state index is -1.90. The molecule has 0 bridgehead atoms. The summed E-state index contributed by atoms with van der Waals surface area (Å²) in [5, 5.41) is 0. The molecule has 0 saturated carbocycles. The second kappa shape index (κ2) is 28.9. The highest BCUT2D eigenvalue weighted by atomic mass is 16.7. The molecule has 1 amide bonds. The van der Waals surface area contributed by atoms with Gasteiger partial charge in [0.15, 0.2) is 49.2 Å². The lowest BCUT2D eigenvalue weighted by molar-refractivity contribution is -0.309. The van der Waals surface area contributed by atoms with Crippen LogP contribution in [0.25, 0.3) is 0 Å². The number of unbranched alkanes of at least 4 members (excludes halogenated alkanes) is 1. The van der Waals surface area contributed by atoms with Crippen molar-refractivity contribution in [3.63, 3.8) is 0 Å². The van der Waals surface area contributed by atoms with Gasteiger partial charge in [-0.25, -0.2) is 0 Å². The maximum absolute atomic E-state index is 14.0. The van der Waals surface area contributed by atoms with E-state index in [-0.39, 0.29) is 32.3 Å². The van der Waals surface area contributed by atoms with Crippen molar-refractivity contribution in [1.29, 1.82) is 0 Å². The summed E-state index contributed by atoms with van der Waals surface area (Å²) < 4.78 is 131. The highest BCUT2D eigenvalue weighted by Crippen LogP contribution is 2.32. The molecule has 1 aromatic rings. The van der Waals surface area contributed by atoms with Gasteiger partial charge in [0.25, 0.3) is 0 Å². The molecule has 2 fully saturated rings. The molecule has 2 heterocycles. The molecule has 384 valence electrons. The molecule has 0 N–H and O–H groups in total. The van der Waals surface area contributed by atoms with Gasteiger partial charge in [0, 0.05) is 92.1 Å². The number of nitrogens with zero attached hydrogens (tertiary/aromatic N) is 1. The van der Waals surface area contributed by atoms with Crippen molar-refractivity contribution in [1.82, 2.24) is 4.90 Å². The number of esters is 9. The van der Waals surface area contributed by atoms with Crippen molar-refractivity contribution in [2.75, 3.05) is 39.5 Å². The van der Waals surface area contributed by atoms with Crippen LogP contribution in [0.4, 0.5) is 0 Å². The van der Waals surface area contributed by atoms with E-state index in [4.69, 9.17) is 72.5 Å². The third-order valence-electron chi connectivity index (χ3n) is 9.51. The first kappa shape index (κ1) is 45.2. The standard InChI is InChI=1S/C45H61NO23/c1-25(47)59-23-34-38(62-27(3)49)40(64-29(5)51)42(66-31(7)53)44(68-34)57-20-18-46(36(55)16-12-13-17-37(56)61-22-33-14-10-9-11-15-33)19-21-58-45-43(67-32(8)54)41(65-30(6)52)39(63-28(4)50)35(69-45)24-60-26(2)48/h9-11,14-15,34-35,38-45H,12-13,16-24H2,1-8H3/t34-,35-,38-,39-,40+,41+,42+,43+,44?,45?/m1/s1/i1D,2D,3D,4D,5D,6D,7D,8D. The fraction of sp³-hybridized carbons (Fsp3) is 0.644. The second-order valence-corrected chi connectivity index (χ2v) is 14.7. The number of rotatable bonds is 25. The fourth-order valence-electron chi connectivity index (χ4n) is 6.79. The first-order valence-electron chi connectivity index (χ1n) is 26.4. The molecule has 10 atom stereocenters. The minimum Gasteiger partial charge on any atom is -0.463 e. The van der Waals surface area contributed by atoms with Crippen LogP contribution in [0.5, 0.6) is 0 Å².